The van der Waals surface area contributed by atoms with E-state index in [-0.39, 0.29) is 16.8 Å². The molecule has 0 radical (unpaired) electrons. The van der Waals surface area contributed by atoms with Crippen LogP contribution in [0.15, 0.2) is 60.8 Å². The molecule has 2 rings (SSSR count). The van der Waals surface area contributed by atoms with Crippen molar-refractivity contribution in [1.29, 1.82) is 0 Å². The minimum absolute atomic E-state index is 0.173. The Balaban J connectivity index is 0.00000116. The average Bonchev–Trinajstić information content (AvgIpc) is 2.54. The van der Waals surface area contributed by atoms with Crippen LogP contribution in [0.25, 0.3) is 0 Å². The maximum Gasteiger partial charge on any atom is 0.257 e. The second kappa shape index (κ2) is 6.95. The highest BCUT2D eigenvalue weighted by Gasteiger charge is 2.48. The summed E-state index contributed by atoms with van der Waals surface area (Å²) in [5.41, 5.74) is 4.75. The summed E-state index contributed by atoms with van der Waals surface area (Å²) in [7, 11) is 0. The molecule has 0 spiro atoms. The summed E-state index contributed by atoms with van der Waals surface area (Å²) >= 11 is 0. The first-order chi connectivity index (χ1) is 10.4. The lowest BCUT2D eigenvalue weighted by Gasteiger charge is -2.32. The van der Waals surface area contributed by atoms with Gasteiger partial charge in [0, 0.05) is 5.57 Å². The van der Waals surface area contributed by atoms with Crippen molar-refractivity contribution >= 4 is 11.7 Å². The van der Waals surface area contributed by atoms with E-state index < -0.39 is 23.0 Å². The van der Waals surface area contributed by atoms with Gasteiger partial charge in [-0.3, -0.25) is 9.59 Å². The summed E-state index contributed by atoms with van der Waals surface area (Å²) in [5.74, 6) is -1.76. The molecule has 0 saturated carbocycles. The molecule has 1 aromatic carbocycles. The Morgan fingerprint density at radius 2 is 1.68 bits per heavy atom. The van der Waals surface area contributed by atoms with Crippen LogP contribution in [0.4, 0.5) is 4.39 Å². The van der Waals surface area contributed by atoms with Crippen LogP contribution in [0.1, 0.15) is 19.4 Å². The lowest BCUT2D eigenvalue weighted by atomic mass is 9.79. The topological polar surface area (TPSA) is 72.2 Å². The number of Topliss-reactive ketones (excluding diaryl/α,β-unsaturated/α-hetero) is 1. The third-order valence-corrected chi connectivity index (χ3v) is 3.21. The molecule has 1 aliphatic heterocycles. The summed E-state index contributed by atoms with van der Waals surface area (Å²) in [4.78, 5) is 24.7. The lowest BCUT2D eigenvalue weighted by Crippen LogP contribution is -2.60. The molecular formula is C17H19FN2O2. The molecule has 4 nitrogen and oxygen atoms in total. The summed E-state index contributed by atoms with van der Waals surface area (Å²) < 4.78 is 13.0. The van der Waals surface area contributed by atoms with Crippen molar-refractivity contribution in [2.24, 2.45) is 5.73 Å². The van der Waals surface area contributed by atoms with Gasteiger partial charge in [0.25, 0.3) is 5.91 Å². The third-order valence-electron chi connectivity index (χ3n) is 3.21. The highest BCUT2D eigenvalue weighted by Crippen LogP contribution is 2.29. The van der Waals surface area contributed by atoms with Crippen LogP contribution in [0.3, 0.4) is 0 Å². The highest BCUT2D eigenvalue weighted by molar-refractivity contribution is 6.22. The van der Waals surface area contributed by atoms with Gasteiger partial charge < -0.3 is 11.1 Å². The first-order valence-electron chi connectivity index (χ1n) is 6.85. The Kier molecular flexibility index (Phi) is 5.54. The zero-order chi connectivity index (χ0) is 16.9. The first-order valence-corrected chi connectivity index (χ1v) is 6.85. The van der Waals surface area contributed by atoms with Gasteiger partial charge in [-0.1, -0.05) is 45.2 Å². The number of ketones is 1. The number of nitrogens with one attached hydrogen (secondary N) is 1. The molecule has 0 saturated heterocycles. The van der Waals surface area contributed by atoms with Gasteiger partial charge in [0.15, 0.2) is 11.3 Å². The fourth-order valence-corrected chi connectivity index (χ4v) is 2.06. The number of rotatable bonds is 3. The minimum atomic E-state index is -1.90. The number of amides is 1. The molecule has 5 heteroatoms. The normalized spacial score (nSPS) is 20.7. The third kappa shape index (κ3) is 2.76. The Morgan fingerprint density at radius 1 is 1.14 bits per heavy atom. The maximum atomic E-state index is 13.0. The van der Waals surface area contributed by atoms with E-state index in [2.05, 4.69) is 18.5 Å². The van der Waals surface area contributed by atoms with E-state index in [0.29, 0.717) is 0 Å². The van der Waals surface area contributed by atoms with Crippen LogP contribution >= 0.6 is 0 Å². The fraction of sp³-hybridized carbons (Fsp3) is 0.176. The number of hydrogen-bond donors (Lipinski definition) is 2. The lowest BCUT2D eigenvalue weighted by molar-refractivity contribution is -0.135. The SMILES string of the molecule is C=CC1=C(C=C)C(=O)C(N)(c2ccc(F)cc2)C(=O)N1.CC. The van der Waals surface area contributed by atoms with Gasteiger partial charge >= 0.3 is 0 Å². The number of hydrogen-bond acceptors (Lipinski definition) is 3. The van der Waals surface area contributed by atoms with Crippen molar-refractivity contribution in [3.05, 3.63) is 72.2 Å². The Bertz CT molecular complexity index is 647. The molecule has 0 aliphatic carbocycles. The molecule has 1 amide bonds. The van der Waals surface area contributed by atoms with E-state index in [1.807, 2.05) is 13.8 Å². The molecule has 0 aromatic heterocycles. The van der Waals surface area contributed by atoms with E-state index in [1.165, 1.54) is 24.3 Å². The summed E-state index contributed by atoms with van der Waals surface area (Å²) in [5, 5.41) is 2.51. The van der Waals surface area contributed by atoms with Gasteiger partial charge in [-0.05, 0) is 23.8 Å². The van der Waals surface area contributed by atoms with E-state index in [9.17, 15) is 14.0 Å². The van der Waals surface area contributed by atoms with Crippen LogP contribution < -0.4 is 11.1 Å². The Hall–Kier alpha value is -2.53. The number of nitrogens with two attached hydrogens (primary N) is 1. The first kappa shape index (κ1) is 17.5. The Morgan fingerprint density at radius 3 is 2.14 bits per heavy atom. The minimum Gasteiger partial charge on any atom is -0.323 e. The van der Waals surface area contributed by atoms with Gasteiger partial charge in [0.2, 0.25) is 0 Å². The zero-order valence-electron chi connectivity index (χ0n) is 12.7. The van der Waals surface area contributed by atoms with Crippen LogP contribution in [-0.2, 0) is 15.1 Å². The summed E-state index contributed by atoms with van der Waals surface area (Å²) in [6, 6.07) is 4.91. The van der Waals surface area contributed by atoms with E-state index in [1.54, 1.807) is 0 Å². The fourth-order valence-electron chi connectivity index (χ4n) is 2.06. The van der Waals surface area contributed by atoms with Crippen molar-refractivity contribution in [2.75, 3.05) is 0 Å². The molecular weight excluding hydrogens is 283 g/mol. The second-order valence-corrected chi connectivity index (χ2v) is 4.33. The Labute approximate surface area is 129 Å². The molecule has 1 heterocycles. The maximum absolute atomic E-state index is 13.0. The van der Waals surface area contributed by atoms with Gasteiger partial charge in [-0.2, -0.15) is 0 Å². The number of allylic oxidation sites excluding steroid dienone is 2. The second-order valence-electron chi connectivity index (χ2n) is 4.33. The van der Waals surface area contributed by atoms with Crippen LogP contribution in [0, 0.1) is 5.82 Å². The molecule has 1 atom stereocenters. The van der Waals surface area contributed by atoms with Crippen LogP contribution in [0.5, 0.6) is 0 Å². The molecule has 116 valence electrons. The van der Waals surface area contributed by atoms with Gasteiger partial charge in [-0.25, -0.2) is 4.39 Å². The average molecular weight is 302 g/mol. The summed E-state index contributed by atoms with van der Waals surface area (Å²) in [6.45, 7) is 11.1. The largest absolute Gasteiger partial charge is 0.323 e. The van der Waals surface area contributed by atoms with Crippen molar-refractivity contribution < 1.29 is 14.0 Å². The number of benzene rings is 1. The van der Waals surface area contributed by atoms with E-state index >= 15 is 0 Å². The van der Waals surface area contributed by atoms with Crippen molar-refractivity contribution in [3.63, 3.8) is 0 Å². The van der Waals surface area contributed by atoms with Crippen LogP contribution in [-0.4, -0.2) is 11.7 Å². The van der Waals surface area contributed by atoms with E-state index in [0.717, 1.165) is 12.1 Å². The van der Waals surface area contributed by atoms with Crippen LogP contribution in [0.2, 0.25) is 0 Å². The number of halogens is 1. The standard InChI is InChI=1S/C15H13FN2O2.C2H6/c1-3-11-12(4-2)18-14(20)15(17,13(11)19)9-5-7-10(16)8-6-9;1-2/h3-8H,1-2,17H2,(H,18,20);1-2H3. The molecule has 0 fully saturated rings. The monoisotopic (exact) mass is 302 g/mol. The van der Waals surface area contributed by atoms with Gasteiger partial charge in [-0.15, -0.1) is 0 Å². The van der Waals surface area contributed by atoms with Crippen molar-refractivity contribution in [3.8, 4) is 0 Å². The van der Waals surface area contributed by atoms with E-state index in [4.69, 9.17) is 5.73 Å². The molecule has 22 heavy (non-hydrogen) atoms. The molecule has 1 aliphatic rings. The van der Waals surface area contributed by atoms with Crippen molar-refractivity contribution in [1.82, 2.24) is 5.32 Å². The molecule has 1 aromatic rings. The predicted octanol–water partition coefficient (Wildman–Crippen LogP) is 2.33. The van der Waals surface area contributed by atoms with Crippen molar-refractivity contribution in [2.45, 2.75) is 19.4 Å². The zero-order valence-corrected chi connectivity index (χ0v) is 12.7. The number of carbonyl (C=O) groups is 2. The molecule has 0 bridgehead atoms. The van der Waals surface area contributed by atoms with Gasteiger partial charge in [0.1, 0.15) is 5.82 Å². The van der Waals surface area contributed by atoms with Gasteiger partial charge in [0.05, 0.1) is 5.70 Å². The molecule has 1 unspecified atom stereocenters. The predicted molar refractivity (Wildman–Crippen MR) is 84.2 cm³/mol. The number of carbonyl (C=O) groups excluding carboxylic acids is 2. The smallest absolute Gasteiger partial charge is 0.257 e. The summed E-state index contributed by atoms with van der Waals surface area (Å²) in [6.07, 6.45) is 2.65. The highest BCUT2D eigenvalue weighted by atomic mass is 19.1. The quantitative estimate of drug-likeness (QED) is 0.842. The molecule has 3 N–H and O–H groups in total.